The highest BCUT2D eigenvalue weighted by molar-refractivity contribution is 7.07. The van der Waals surface area contributed by atoms with E-state index in [-0.39, 0.29) is 24.1 Å². The number of aromatic nitrogens is 1. The number of carbonyl (C=O) groups is 1. The molecule has 0 aliphatic carbocycles. The average Bonchev–Trinajstić information content (AvgIpc) is 3.26. The smallest absolute Gasteiger partial charge is 0.262 e. The number of anilines is 1. The van der Waals surface area contributed by atoms with Crippen LogP contribution in [-0.2, 0) is 4.79 Å². The summed E-state index contributed by atoms with van der Waals surface area (Å²) in [6, 6.07) is 17.6. The van der Waals surface area contributed by atoms with Crippen molar-refractivity contribution in [3.05, 3.63) is 94.1 Å². The molecule has 4 aromatic rings. The first kappa shape index (κ1) is 22.7. The topological polar surface area (TPSA) is 68.0 Å². The molecule has 3 aromatic carbocycles. The lowest BCUT2D eigenvalue weighted by Gasteiger charge is -2.18. The lowest BCUT2D eigenvalue weighted by molar-refractivity contribution is -0.118. The van der Waals surface area contributed by atoms with Gasteiger partial charge in [-0.1, -0.05) is 19.1 Å². The Balaban J connectivity index is 1.67. The fraction of sp³-hybridized carbons (Fsp3) is 0.115. The van der Waals surface area contributed by atoms with Crippen molar-refractivity contribution in [3.63, 3.8) is 0 Å². The number of carbonyl (C=O) groups excluding carboxylic acids is 1. The second-order valence-electron chi connectivity index (χ2n) is 7.76. The van der Waals surface area contributed by atoms with Gasteiger partial charge in [0.2, 0.25) is 4.80 Å². The minimum atomic E-state index is -0.343. The number of hydrogen-bond acceptors (Lipinski definition) is 5. The Labute approximate surface area is 203 Å². The lowest BCUT2D eigenvalue weighted by Crippen LogP contribution is -2.25. The van der Waals surface area contributed by atoms with Gasteiger partial charge >= 0.3 is 0 Å². The monoisotopic (exact) mass is 490 g/mol. The molecule has 0 spiro atoms. The maximum Gasteiger partial charge on any atom is 0.262 e. The number of rotatable bonds is 5. The van der Waals surface area contributed by atoms with Crippen LogP contribution >= 0.6 is 11.3 Å². The van der Waals surface area contributed by atoms with Crippen molar-refractivity contribution in [2.45, 2.75) is 13.3 Å². The van der Waals surface area contributed by atoms with Gasteiger partial charge in [0.25, 0.3) is 5.91 Å². The zero-order valence-corrected chi connectivity index (χ0v) is 19.5. The van der Waals surface area contributed by atoms with E-state index < -0.39 is 0 Å². The van der Waals surface area contributed by atoms with Crippen LogP contribution in [0, 0.1) is 11.6 Å². The number of ether oxygens (including phenoxy) is 1. The van der Waals surface area contributed by atoms with E-state index in [1.54, 1.807) is 35.0 Å². The molecule has 6 nitrogen and oxygen atoms in total. The van der Waals surface area contributed by atoms with Gasteiger partial charge in [-0.3, -0.25) is 4.79 Å². The van der Waals surface area contributed by atoms with Gasteiger partial charge in [0.1, 0.15) is 17.4 Å². The third-order valence-corrected chi connectivity index (χ3v) is 6.19. The fourth-order valence-electron chi connectivity index (χ4n) is 3.64. The summed E-state index contributed by atoms with van der Waals surface area (Å²) in [5, 5.41) is 9.63. The molecule has 5 rings (SSSR count). The quantitative estimate of drug-likeness (QED) is 0.364. The number of hydrogen-bond donors (Lipinski definition) is 1. The molecule has 2 heterocycles. The first-order chi connectivity index (χ1) is 17.0. The Morgan fingerprint density at radius 1 is 1.06 bits per heavy atom. The molecule has 0 atom stereocenters. The van der Waals surface area contributed by atoms with E-state index in [1.807, 2.05) is 24.4 Å². The lowest BCUT2D eigenvalue weighted by atomic mass is 10.1. The van der Waals surface area contributed by atoms with Gasteiger partial charge in [-0.15, -0.1) is 11.3 Å². The molecular weight excluding hydrogens is 470 g/mol. The summed E-state index contributed by atoms with van der Waals surface area (Å²) in [6.45, 7) is 1.95. The minimum Gasteiger partial charge on any atom is -0.482 e. The molecule has 1 aromatic heterocycles. The van der Waals surface area contributed by atoms with Gasteiger partial charge in [0.05, 0.1) is 22.8 Å². The van der Waals surface area contributed by atoms with Crippen LogP contribution in [-0.4, -0.2) is 22.9 Å². The van der Waals surface area contributed by atoms with Crippen LogP contribution in [0.4, 0.5) is 20.2 Å². The van der Waals surface area contributed by atoms with Crippen LogP contribution in [0.1, 0.15) is 18.9 Å². The highest BCUT2D eigenvalue weighted by atomic mass is 32.1. The van der Waals surface area contributed by atoms with Gasteiger partial charge in [0.15, 0.2) is 6.61 Å². The Kier molecular flexibility index (Phi) is 6.24. The second-order valence-corrected chi connectivity index (χ2v) is 8.60. The van der Waals surface area contributed by atoms with E-state index >= 15 is 0 Å². The van der Waals surface area contributed by atoms with Crippen molar-refractivity contribution in [2.75, 3.05) is 11.9 Å². The van der Waals surface area contributed by atoms with E-state index in [2.05, 4.69) is 10.3 Å². The normalized spacial score (nSPS) is 13.9. The van der Waals surface area contributed by atoms with Crippen molar-refractivity contribution < 1.29 is 18.3 Å². The van der Waals surface area contributed by atoms with E-state index in [9.17, 15) is 13.6 Å². The molecule has 0 radical (unpaired) electrons. The maximum absolute atomic E-state index is 13.5. The number of benzene rings is 3. The molecule has 0 saturated carbocycles. The van der Waals surface area contributed by atoms with Gasteiger partial charge in [-0.25, -0.2) is 18.4 Å². The number of nitrogens with zero attached hydrogens (tertiary/aromatic N) is 3. The van der Waals surface area contributed by atoms with E-state index in [1.165, 1.54) is 35.6 Å². The van der Waals surface area contributed by atoms with E-state index in [0.29, 0.717) is 28.3 Å². The number of nitrogens with one attached hydrogen (secondary N) is 1. The number of halogens is 2. The fourth-order valence-corrected chi connectivity index (χ4v) is 4.49. The van der Waals surface area contributed by atoms with Crippen molar-refractivity contribution in [3.8, 4) is 17.0 Å². The molecule has 1 aliphatic rings. The van der Waals surface area contributed by atoms with Crippen molar-refractivity contribution in [1.29, 1.82) is 0 Å². The molecule has 9 heteroatoms. The van der Waals surface area contributed by atoms with E-state index in [0.717, 1.165) is 22.5 Å². The molecule has 0 unspecified atom stereocenters. The summed E-state index contributed by atoms with van der Waals surface area (Å²) in [5.41, 5.74) is 4.22. The Hall–Kier alpha value is -4.11. The van der Waals surface area contributed by atoms with Crippen LogP contribution in [0.3, 0.4) is 0 Å². The van der Waals surface area contributed by atoms with Crippen molar-refractivity contribution in [2.24, 2.45) is 10.1 Å². The summed E-state index contributed by atoms with van der Waals surface area (Å²) >= 11 is 1.37. The average molecular weight is 491 g/mol. The summed E-state index contributed by atoms with van der Waals surface area (Å²) < 4.78 is 34.1. The van der Waals surface area contributed by atoms with Gasteiger partial charge < -0.3 is 10.1 Å². The third kappa shape index (κ3) is 4.90. The minimum absolute atomic E-state index is 0.0205. The molecule has 35 heavy (non-hydrogen) atoms. The predicted octanol–water partition coefficient (Wildman–Crippen LogP) is 5.72. The molecule has 1 aliphatic heterocycles. The molecule has 0 bridgehead atoms. The van der Waals surface area contributed by atoms with E-state index in [4.69, 9.17) is 9.84 Å². The molecule has 0 saturated heterocycles. The summed E-state index contributed by atoms with van der Waals surface area (Å²) in [6.07, 6.45) is 0.595. The Morgan fingerprint density at radius 2 is 1.77 bits per heavy atom. The van der Waals surface area contributed by atoms with Crippen LogP contribution in [0.5, 0.6) is 5.75 Å². The zero-order chi connectivity index (χ0) is 24.4. The Morgan fingerprint density at radius 3 is 2.49 bits per heavy atom. The second kappa shape index (κ2) is 9.63. The molecule has 1 amide bonds. The largest absolute Gasteiger partial charge is 0.482 e. The standard InChI is InChI=1S/C26H20F2N4O2S/c1-2-21(16-3-6-18(27)7-4-16)31-32-23(15-35-26(32)29-20-10-8-19(28)9-11-20)17-5-12-24-22(13-17)30-25(33)14-34-24/h3-13,15H,2,14H2,1H3,(H,30,33). The summed E-state index contributed by atoms with van der Waals surface area (Å²) in [7, 11) is 0. The Bertz CT molecular complexity index is 1490. The molecule has 1 N–H and O–H groups in total. The van der Waals surface area contributed by atoms with Crippen LogP contribution in [0.2, 0.25) is 0 Å². The van der Waals surface area contributed by atoms with Gasteiger partial charge in [-0.05, 0) is 66.6 Å². The summed E-state index contributed by atoms with van der Waals surface area (Å²) in [5.74, 6) is -0.291. The number of amides is 1. The molecular formula is C26H20F2N4O2S. The van der Waals surface area contributed by atoms with Crippen LogP contribution in [0.25, 0.3) is 11.3 Å². The van der Waals surface area contributed by atoms with Crippen LogP contribution in [0.15, 0.2) is 82.2 Å². The highest BCUT2D eigenvalue weighted by Gasteiger charge is 2.18. The third-order valence-electron chi connectivity index (χ3n) is 5.38. The SMILES string of the molecule is CCC(=Nn1c(-c2ccc3c(c2)NC(=O)CO3)csc1=Nc1ccc(F)cc1)c1ccc(F)cc1. The predicted molar refractivity (Wildman–Crippen MR) is 132 cm³/mol. The first-order valence-electron chi connectivity index (χ1n) is 10.9. The maximum atomic E-state index is 13.5. The summed E-state index contributed by atoms with van der Waals surface area (Å²) in [4.78, 5) is 17.1. The molecule has 176 valence electrons. The zero-order valence-electron chi connectivity index (χ0n) is 18.7. The van der Waals surface area contributed by atoms with Gasteiger partial charge in [0, 0.05) is 10.9 Å². The molecule has 0 fully saturated rings. The number of thiazole rings is 1. The first-order valence-corrected chi connectivity index (χ1v) is 11.8. The van der Waals surface area contributed by atoms with Crippen molar-refractivity contribution >= 4 is 34.3 Å². The van der Waals surface area contributed by atoms with Crippen LogP contribution < -0.4 is 14.9 Å². The van der Waals surface area contributed by atoms with Crippen molar-refractivity contribution in [1.82, 2.24) is 4.68 Å². The number of fused-ring (bicyclic) bond motifs is 1. The van der Waals surface area contributed by atoms with Gasteiger partial charge in [-0.2, -0.15) is 5.10 Å². The highest BCUT2D eigenvalue weighted by Crippen LogP contribution is 2.33.